The maximum Gasteiger partial charge on any atom is -0.00199 e. The van der Waals surface area contributed by atoms with E-state index in [-0.39, 0.29) is 0 Å². The van der Waals surface area contributed by atoms with Crippen LogP contribution in [0.2, 0.25) is 0 Å². The minimum atomic E-state index is 1.03. The van der Waals surface area contributed by atoms with Gasteiger partial charge in [0.15, 0.2) is 0 Å². The van der Waals surface area contributed by atoms with E-state index in [1.807, 2.05) is 0 Å². The second-order valence-electron chi connectivity index (χ2n) is 22.6. The van der Waals surface area contributed by atoms with Gasteiger partial charge in [0.25, 0.3) is 0 Å². The number of fused-ring (bicyclic) bond motifs is 3. The Kier molecular flexibility index (Phi) is 19.3. The molecule has 0 atom stereocenters. The zero-order valence-electron chi connectivity index (χ0n) is 49.8. The van der Waals surface area contributed by atoms with Crippen molar-refractivity contribution < 1.29 is 0 Å². The van der Waals surface area contributed by atoms with Gasteiger partial charge >= 0.3 is 0 Å². The van der Waals surface area contributed by atoms with Gasteiger partial charge < -0.3 is 0 Å². The van der Waals surface area contributed by atoms with Crippen LogP contribution in [-0.4, -0.2) is 0 Å². The van der Waals surface area contributed by atoms with Crippen LogP contribution in [0.4, 0.5) is 0 Å². The molecule has 0 amide bonds. The van der Waals surface area contributed by atoms with Gasteiger partial charge in [-0.3, -0.25) is 0 Å². The standard InChI is InChI=1S/C18H20.C17H20.C16H18.C14H16.C10H14/c1-11-5-15-9-17-7-13(3)14(4)8-18(17)10-16(15)6-12(11)2;1-12-5-7-16(9-14(12)3)11-17-8-6-13(2)15(4)10-17;1-11-5-7-15(9-13(11)3)16-8-6-12(2)14(4)10-16;1-9-5-13-7-11(3)12(4)8-14(13)6-10(9)2;1-7-5-9(3)10(4)6-8(7)2/h5-8H,9-10H2,1-4H3;5-10H,11H2,1-4H3;5-10H,1-4H3;5-8H,1-4H3;5-6H,1-4H3. The van der Waals surface area contributed by atoms with Crippen LogP contribution in [0.25, 0.3) is 21.9 Å². The number of hydrogen-bond donors (Lipinski definition) is 0. The summed E-state index contributed by atoms with van der Waals surface area (Å²) in [6, 6.07) is 49.9. The molecule has 0 bridgehead atoms. The molecule has 10 rings (SSSR count). The first-order chi connectivity index (χ1) is 35.4. The van der Waals surface area contributed by atoms with Crippen LogP contribution in [0, 0.1) is 138 Å². The van der Waals surface area contributed by atoms with Crippen molar-refractivity contribution in [1.29, 1.82) is 0 Å². The molecule has 0 radical (unpaired) electrons. The van der Waals surface area contributed by atoms with E-state index < -0.39 is 0 Å². The van der Waals surface area contributed by atoms with Gasteiger partial charge in [0.1, 0.15) is 0 Å². The highest BCUT2D eigenvalue weighted by molar-refractivity contribution is 5.85. The lowest BCUT2D eigenvalue weighted by molar-refractivity contribution is 0.981. The minimum Gasteiger partial charge on any atom is -0.0588 e. The molecule has 0 N–H and O–H groups in total. The first-order valence-corrected chi connectivity index (χ1v) is 27.3. The summed E-state index contributed by atoms with van der Waals surface area (Å²) in [6.45, 7) is 43.5. The number of aryl methyl sites for hydroxylation is 20. The summed E-state index contributed by atoms with van der Waals surface area (Å²) in [5.74, 6) is 0. The van der Waals surface area contributed by atoms with Crippen molar-refractivity contribution >= 4 is 10.8 Å². The molecule has 0 saturated carbocycles. The van der Waals surface area contributed by atoms with Crippen LogP contribution >= 0.6 is 0 Å². The summed E-state index contributed by atoms with van der Waals surface area (Å²) in [6.07, 6.45) is 3.24. The van der Waals surface area contributed by atoms with Crippen molar-refractivity contribution in [2.75, 3.05) is 0 Å². The van der Waals surface area contributed by atoms with Gasteiger partial charge in [0, 0.05) is 0 Å². The number of benzene rings is 9. The third kappa shape index (κ3) is 15.2. The molecule has 0 spiro atoms. The average molecular weight is 990 g/mol. The van der Waals surface area contributed by atoms with Gasteiger partial charge in [0.2, 0.25) is 0 Å². The van der Waals surface area contributed by atoms with Crippen molar-refractivity contribution in [1.82, 2.24) is 0 Å². The summed E-state index contributed by atoms with van der Waals surface area (Å²) in [7, 11) is 0. The normalized spacial score (nSPS) is 11.1. The van der Waals surface area contributed by atoms with Crippen LogP contribution in [-0.2, 0) is 19.3 Å². The Hall–Kier alpha value is -6.76. The number of rotatable bonds is 3. The molecule has 1 aliphatic carbocycles. The first kappa shape index (κ1) is 57.5. The second-order valence-corrected chi connectivity index (χ2v) is 22.6. The van der Waals surface area contributed by atoms with E-state index >= 15 is 0 Å². The second kappa shape index (κ2) is 25.2. The molecule has 75 heavy (non-hydrogen) atoms. The highest BCUT2D eigenvalue weighted by atomic mass is 14.2. The predicted octanol–water partition coefficient (Wildman–Crippen LogP) is 20.5. The molecule has 9 aromatic rings. The Morgan fingerprint density at radius 2 is 0.413 bits per heavy atom. The van der Waals surface area contributed by atoms with Crippen molar-refractivity contribution in [3.8, 4) is 11.1 Å². The lowest BCUT2D eigenvalue weighted by atomic mass is 9.82. The van der Waals surface area contributed by atoms with Crippen molar-refractivity contribution in [3.05, 3.63) is 278 Å². The van der Waals surface area contributed by atoms with Crippen molar-refractivity contribution in [2.45, 2.75) is 158 Å². The summed E-state index contributed by atoms with van der Waals surface area (Å²) in [5.41, 5.74) is 39.2. The van der Waals surface area contributed by atoms with Crippen LogP contribution in [0.5, 0.6) is 0 Å². The SMILES string of the molecule is Cc1cc(C)c(C)cc1C.Cc1cc2c(cc1C)Cc1cc(C)c(C)cc1C2.Cc1cc2cc(C)c(C)cc2cc1C.Cc1ccc(-c2ccc(C)c(C)c2)cc1C.Cc1ccc(Cc2ccc(C)c(C)c2)cc1C. The molecule has 9 aromatic carbocycles. The summed E-state index contributed by atoms with van der Waals surface area (Å²) in [5, 5.41) is 2.72. The first-order valence-electron chi connectivity index (χ1n) is 27.3. The molecule has 388 valence electrons. The maximum atomic E-state index is 2.38. The fourth-order valence-electron chi connectivity index (χ4n) is 9.75. The van der Waals surface area contributed by atoms with Crippen LogP contribution in [0.15, 0.2) is 133 Å². The molecule has 0 nitrogen and oxygen atoms in total. The van der Waals surface area contributed by atoms with E-state index in [1.54, 1.807) is 0 Å². The van der Waals surface area contributed by atoms with E-state index in [9.17, 15) is 0 Å². The van der Waals surface area contributed by atoms with Gasteiger partial charge in [-0.05, 0) is 324 Å². The summed E-state index contributed by atoms with van der Waals surface area (Å²) < 4.78 is 0. The smallest absolute Gasteiger partial charge is 0.00199 e. The number of hydrogen-bond acceptors (Lipinski definition) is 0. The maximum absolute atomic E-state index is 2.38. The van der Waals surface area contributed by atoms with Gasteiger partial charge in [-0.15, -0.1) is 0 Å². The Bertz CT molecular complexity index is 3140. The van der Waals surface area contributed by atoms with E-state index in [2.05, 4.69) is 272 Å². The van der Waals surface area contributed by atoms with Crippen molar-refractivity contribution in [2.24, 2.45) is 0 Å². The highest BCUT2D eigenvalue weighted by Crippen LogP contribution is 2.31. The van der Waals surface area contributed by atoms with Gasteiger partial charge in [-0.2, -0.15) is 0 Å². The van der Waals surface area contributed by atoms with Crippen LogP contribution in [0.1, 0.15) is 145 Å². The molecule has 0 saturated heterocycles. The zero-order valence-corrected chi connectivity index (χ0v) is 49.8. The molecule has 0 aliphatic heterocycles. The Balaban J connectivity index is 0.000000154. The minimum absolute atomic E-state index is 1.03. The molecule has 0 heterocycles. The van der Waals surface area contributed by atoms with E-state index in [4.69, 9.17) is 0 Å². The fourth-order valence-corrected chi connectivity index (χ4v) is 9.75. The average Bonchev–Trinajstić information content (AvgIpc) is 3.35. The predicted molar refractivity (Wildman–Crippen MR) is 331 cm³/mol. The molecule has 1 aliphatic rings. The quantitative estimate of drug-likeness (QED) is 0.165. The highest BCUT2D eigenvalue weighted by Gasteiger charge is 2.17. The van der Waals surface area contributed by atoms with E-state index in [0.717, 1.165) is 19.3 Å². The van der Waals surface area contributed by atoms with Crippen LogP contribution in [0.3, 0.4) is 0 Å². The van der Waals surface area contributed by atoms with Gasteiger partial charge in [-0.25, -0.2) is 0 Å². The molecular formula is C75H88. The van der Waals surface area contributed by atoms with Gasteiger partial charge in [-0.1, -0.05) is 133 Å². The van der Waals surface area contributed by atoms with E-state index in [0.29, 0.717) is 0 Å². The third-order valence-electron chi connectivity index (χ3n) is 16.5. The largest absolute Gasteiger partial charge is 0.0588 e. The molecular weight excluding hydrogens is 901 g/mol. The monoisotopic (exact) mass is 989 g/mol. The van der Waals surface area contributed by atoms with Crippen LogP contribution < -0.4 is 0 Å². The fraction of sp³-hybridized carbons (Fsp3) is 0.307. The van der Waals surface area contributed by atoms with E-state index in [1.165, 1.54) is 167 Å². The molecule has 0 unspecified atom stereocenters. The molecule has 0 aromatic heterocycles. The topological polar surface area (TPSA) is 0 Å². The Labute approximate surface area is 455 Å². The summed E-state index contributed by atoms with van der Waals surface area (Å²) in [4.78, 5) is 0. The third-order valence-corrected chi connectivity index (χ3v) is 16.5. The Morgan fingerprint density at radius 1 is 0.200 bits per heavy atom. The lowest BCUT2D eigenvalue weighted by Crippen LogP contribution is -2.09. The van der Waals surface area contributed by atoms with Crippen molar-refractivity contribution in [3.63, 3.8) is 0 Å². The lowest BCUT2D eigenvalue weighted by Gasteiger charge is -2.22. The zero-order chi connectivity index (χ0) is 55.0. The molecule has 0 heteroatoms. The Morgan fingerprint density at radius 3 is 0.667 bits per heavy atom. The summed E-state index contributed by atoms with van der Waals surface area (Å²) >= 11 is 0. The van der Waals surface area contributed by atoms with Gasteiger partial charge in [0.05, 0.1) is 0 Å². The molecule has 0 fully saturated rings.